The Hall–Kier alpha value is -2.90. The van der Waals surface area contributed by atoms with E-state index in [9.17, 15) is 29.4 Å². The van der Waals surface area contributed by atoms with E-state index in [0.29, 0.717) is 12.8 Å². The third-order valence-corrected chi connectivity index (χ3v) is 4.23. The highest BCUT2D eigenvalue weighted by Gasteiger charge is 2.45. The van der Waals surface area contributed by atoms with Gasteiger partial charge in [0.05, 0.1) is 6.61 Å². The van der Waals surface area contributed by atoms with Gasteiger partial charge in [-0.1, -0.05) is 18.2 Å². The van der Waals surface area contributed by atoms with Gasteiger partial charge in [-0.15, -0.1) is 0 Å². The lowest BCUT2D eigenvalue weighted by Crippen LogP contribution is -2.36. The predicted octanol–water partition coefficient (Wildman–Crippen LogP) is 2.02. The minimum absolute atomic E-state index is 0.0307. The summed E-state index contributed by atoms with van der Waals surface area (Å²) in [6.45, 7) is 3.98. The van der Waals surface area contributed by atoms with Gasteiger partial charge in [0.1, 0.15) is 5.41 Å². The molecule has 0 radical (unpaired) electrons. The van der Waals surface area contributed by atoms with Gasteiger partial charge in [-0.3, -0.25) is 4.79 Å². The minimum Gasteiger partial charge on any atom is -0.478 e. The molecule has 0 aromatic rings. The van der Waals surface area contributed by atoms with Gasteiger partial charge in [0, 0.05) is 22.6 Å². The molecule has 1 rings (SSSR count). The number of rotatable bonds is 6. The molecule has 0 saturated carbocycles. The smallest absolute Gasteiger partial charge is 0.330 e. The summed E-state index contributed by atoms with van der Waals surface area (Å²) in [5.41, 5.74) is -2.11. The Morgan fingerprint density at radius 3 is 1.85 bits per heavy atom. The number of carbonyl (C=O) groups excluding carboxylic acids is 1. The second-order valence-electron chi connectivity index (χ2n) is 6.24. The van der Waals surface area contributed by atoms with Crippen LogP contribution < -0.4 is 0 Å². The largest absolute Gasteiger partial charge is 0.478 e. The van der Waals surface area contributed by atoms with Crippen LogP contribution >= 0.6 is 0 Å². The lowest BCUT2D eigenvalue weighted by atomic mass is 9.70. The molecule has 26 heavy (non-hydrogen) atoms. The van der Waals surface area contributed by atoms with E-state index in [4.69, 9.17) is 9.84 Å². The number of aliphatic carboxylic acids is 3. The number of hydrogen-bond acceptors (Lipinski definition) is 5. The maximum Gasteiger partial charge on any atom is 0.330 e. The van der Waals surface area contributed by atoms with Gasteiger partial charge >= 0.3 is 23.9 Å². The Kier molecular flexibility index (Phi) is 6.88. The summed E-state index contributed by atoms with van der Waals surface area (Å²) < 4.78 is 5.16. The Morgan fingerprint density at radius 1 is 0.962 bits per heavy atom. The van der Waals surface area contributed by atoms with Gasteiger partial charge in [-0.25, -0.2) is 14.4 Å². The summed E-state index contributed by atoms with van der Waals surface area (Å²) in [4.78, 5) is 46.5. The monoisotopic (exact) mass is 366 g/mol. The predicted molar refractivity (Wildman–Crippen MR) is 90.3 cm³/mol. The highest BCUT2D eigenvalue weighted by atomic mass is 16.5. The summed E-state index contributed by atoms with van der Waals surface area (Å²) in [6, 6.07) is 0. The number of carboxylic acids is 3. The Labute approximate surface area is 150 Å². The minimum atomic E-state index is -1.72. The standard InChI is InChI=1S/C18H22O8/c1-10(14(19)20)7-13-5-4-6-26-17(25)18(13,8-11(2)15(21)22)9-12(3)16(23)24/h7-9,13H,4-6H2,1-3H3,(H,19,20)(H,21,22)(H,23,24). The topological polar surface area (TPSA) is 138 Å². The van der Waals surface area contributed by atoms with Crippen molar-refractivity contribution in [3.8, 4) is 0 Å². The zero-order valence-corrected chi connectivity index (χ0v) is 14.8. The normalized spacial score (nSPS) is 25.3. The number of ether oxygens (including phenoxy) is 1. The number of hydrogen-bond donors (Lipinski definition) is 3. The summed E-state index contributed by atoms with van der Waals surface area (Å²) >= 11 is 0. The summed E-state index contributed by atoms with van der Waals surface area (Å²) in [5, 5.41) is 27.6. The van der Waals surface area contributed by atoms with Crippen molar-refractivity contribution < 1.29 is 39.2 Å². The molecule has 1 fully saturated rings. The molecule has 0 bridgehead atoms. The first kappa shape index (κ1) is 21.1. The maximum atomic E-state index is 12.7. The fourth-order valence-corrected chi connectivity index (χ4v) is 2.79. The fourth-order valence-electron chi connectivity index (χ4n) is 2.79. The first-order chi connectivity index (χ1) is 12.0. The number of cyclic esters (lactones) is 1. The second kappa shape index (κ2) is 8.46. The molecule has 1 aliphatic heterocycles. The quantitative estimate of drug-likeness (QED) is 0.479. The van der Waals surface area contributed by atoms with Crippen molar-refractivity contribution in [3.05, 3.63) is 34.9 Å². The highest BCUT2D eigenvalue weighted by Crippen LogP contribution is 2.41. The SMILES string of the molecule is CC(=CC1CCCOC(=O)C1(C=C(C)C(=O)O)C=C(C)C(=O)O)C(=O)O. The van der Waals surface area contributed by atoms with Crippen LogP contribution in [-0.4, -0.2) is 45.8 Å². The first-order valence-corrected chi connectivity index (χ1v) is 7.95. The first-order valence-electron chi connectivity index (χ1n) is 7.95. The Morgan fingerprint density at radius 2 is 1.42 bits per heavy atom. The highest BCUT2D eigenvalue weighted by molar-refractivity contribution is 5.93. The van der Waals surface area contributed by atoms with Crippen LogP contribution in [-0.2, 0) is 23.9 Å². The molecule has 1 aliphatic rings. The van der Waals surface area contributed by atoms with E-state index in [1.54, 1.807) is 0 Å². The van der Waals surface area contributed by atoms with Crippen LogP contribution in [0.25, 0.3) is 0 Å². The van der Waals surface area contributed by atoms with E-state index in [2.05, 4.69) is 0 Å². The number of carboxylic acid groups (broad SMARTS) is 3. The maximum absolute atomic E-state index is 12.7. The molecule has 0 aliphatic carbocycles. The molecule has 1 unspecified atom stereocenters. The summed E-state index contributed by atoms with van der Waals surface area (Å²) in [7, 11) is 0. The lowest BCUT2D eigenvalue weighted by molar-refractivity contribution is -0.150. The average molecular weight is 366 g/mol. The average Bonchev–Trinajstić information content (AvgIpc) is 2.68. The molecule has 0 aromatic heterocycles. The molecule has 8 heteroatoms. The van der Waals surface area contributed by atoms with Crippen LogP contribution in [0, 0.1) is 11.3 Å². The molecular formula is C18H22O8. The van der Waals surface area contributed by atoms with Crippen LogP contribution in [0.4, 0.5) is 0 Å². The van der Waals surface area contributed by atoms with Gasteiger partial charge in [0.25, 0.3) is 0 Å². The van der Waals surface area contributed by atoms with Crippen molar-refractivity contribution in [1.29, 1.82) is 0 Å². The summed E-state index contributed by atoms with van der Waals surface area (Å²) in [5.74, 6) is -5.32. The summed E-state index contributed by atoms with van der Waals surface area (Å²) in [6.07, 6.45) is 4.40. The van der Waals surface area contributed by atoms with Crippen molar-refractivity contribution in [2.75, 3.05) is 6.61 Å². The lowest BCUT2D eigenvalue weighted by Gasteiger charge is -2.31. The molecule has 1 atom stereocenters. The molecule has 142 valence electrons. The van der Waals surface area contributed by atoms with Gasteiger partial charge < -0.3 is 20.1 Å². The van der Waals surface area contributed by atoms with E-state index < -0.39 is 35.2 Å². The molecule has 1 saturated heterocycles. The van der Waals surface area contributed by atoms with E-state index in [-0.39, 0.29) is 23.3 Å². The zero-order valence-electron chi connectivity index (χ0n) is 14.8. The van der Waals surface area contributed by atoms with Crippen molar-refractivity contribution in [3.63, 3.8) is 0 Å². The number of carbonyl (C=O) groups is 4. The van der Waals surface area contributed by atoms with Crippen LogP contribution in [0.3, 0.4) is 0 Å². The third kappa shape index (κ3) is 4.81. The van der Waals surface area contributed by atoms with Crippen molar-refractivity contribution in [2.45, 2.75) is 33.6 Å². The third-order valence-electron chi connectivity index (χ3n) is 4.23. The van der Waals surface area contributed by atoms with Crippen molar-refractivity contribution in [2.24, 2.45) is 11.3 Å². The van der Waals surface area contributed by atoms with Crippen molar-refractivity contribution >= 4 is 23.9 Å². The molecule has 3 N–H and O–H groups in total. The molecule has 0 amide bonds. The van der Waals surface area contributed by atoms with Crippen molar-refractivity contribution in [1.82, 2.24) is 0 Å². The molecule has 0 aromatic carbocycles. The van der Waals surface area contributed by atoms with Gasteiger partial charge in [-0.2, -0.15) is 0 Å². The van der Waals surface area contributed by atoms with E-state index in [1.165, 1.54) is 26.8 Å². The van der Waals surface area contributed by atoms with Crippen LogP contribution in [0.2, 0.25) is 0 Å². The van der Waals surface area contributed by atoms with Crippen LogP contribution in [0.1, 0.15) is 33.6 Å². The Bertz CT molecular complexity index is 681. The Balaban J connectivity index is 3.77. The van der Waals surface area contributed by atoms with E-state index in [0.717, 1.165) is 12.2 Å². The van der Waals surface area contributed by atoms with Gasteiger partial charge in [0.2, 0.25) is 0 Å². The van der Waals surface area contributed by atoms with E-state index in [1.807, 2.05) is 0 Å². The zero-order chi connectivity index (χ0) is 20.1. The van der Waals surface area contributed by atoms with E-state index >= 15 is 0 Å². The van der Waals surface area contributed by atoms with Gasteiger partial charge in [0.15, 0.2) is 0 Å². The molecule has 8 nitrogen and oxygen atoms in total. The molecular weight excluding hydrogens is 344 g/mol. The molecule has 0 spiro atoms. The van der Waals surface area contributed by atoms with Crippen LogP contribution in [0.15, 0.2) is 34.9 Å². The number of esters is 1. The fraction of sp³-hybridized carbons (Fsp3) is 0.444. The van der Waals surface area contributed by atoms with Gasteiger partial charge in [-0.05, 0) is 33.6 Å². The molecule has 1 heterocycles. The number of allylic oxidation sites excluding steroid dienone is 1. The van der Waals surface area contributed by atoms with Crippen LogP contribution in [0.5, 0.6) is 0 Å². The second-order valence-corrected chi connectivity index (χ2v) is 6.24.